The summed E-state index contributed by atoms with van der Waals surface area (Å²) >= 11 is 2.48. The van der Waals surface area contributed by atoms with Gasteiger partial charge in [0.1, 0.15) is 5.75 Å². The molecule has 94 valence electrons. The molecule has 17 heavy (non-hydrogen) atoms. The van der Waals surface area contributed by atoms with E-state index in [-0.39, 0.29) is 0 Å². The zero-order chi connectivity index (χ0) is 12.1. The molecule has 1 aliphatic carbocycles. The lowest BCUT2D eigenvalue weighted by Crippen LogP contribution is -2.30. The summed E-state index contributed by atoms with van der Waals surface area (Å²) in [5.74, 6) is 2.59. The van der Waals surface area contributed by atoms with E-state index in [1.165, 1.54) is 22.8 Å². The van der Waals surface area contributed by atoms with Crippen molar-refractivity contribution in [3.05, 3.63) is 29.8 Å². The Balaban J connectivity index is 1.70. The second-order valence-electron chi connectivity index (χ2n) is 4.62. The van der Waals surface area contributed by atoms with Crippen molar-refractivity contribution >= 4 is 22.6 Å². The molecule has 1 fully saturated rings. The molecule has 0 saturated heterocycles. The average molecular weight is 346 g/mol. The van der Waals surface area contributed by atoms with Gasteiger partial charge in [-0.15, -0.1) is 0 Å². The molecule has 2 nitrogen and oxygen atoms in total. The van der Waals surface area contributed by atoms with Gasteiger partial charge in [-0.1, -0.05) is 34.7 Å². The number of methoxy groups -OCH3 is 1. The third-order valence-corrected chi connectivity index (χ3v) is 4.66. The third kappa shape index (κ3) is 3.58. The molecule has 0 radical (unpaired) electrons. The predicted octanol–water partition coefficient (Wildman–Crippen LogP) is 3.67. The Morgan fingerprint density at radius 3 is 2.41 bits per heavy atom. The maximum atomic E-state index is 5.79. The highest BCUT2D eigenvalue weighted by atomic mass is 127. The van der Waals surface area contributed by atoms with Crippen LogP contribution in [0, 0.1) is 11.8 Å². The summed E-state index contributed by atoms with van der Waals surface area (Å²) in [5.41, 5.74) is 1.22. The molecule has 0 unspecified atom stereocenters. The lowest BCUT2D eigenvalue weighted by Gasteiger charge is -2.35. The van der Waals surface area contributed by atoms with E-state index in [9.17, 15) is 0 Å². The van der Waals surface area contributed by atoms with Gasteiger partial charge in [0, 0.05) is 4.43 Å². The Labute approximate surface area is 117 Å². The van der Waals surface area contributed by atoms with Crippen molar-refractivity contribution in [1.82, 2.24) is 0 Å². The fourth-order valence-corrected chi connectivity index (χ4v) is 3.27. The number of benzene rings is 1. The van der Waals surface area contributed by atoms with E-state index < -0.39 is 0 Å². The van der Waals surface area contributed by atoms with Gasteiger partial charge in [0.05, 0.1) is 20.3 Å². The van der Waals surface area contributed by atoms with Crippen LogP contribution in [-0.2, 0) is 11.3 Å². The van der Waals surface area contributed by atoms with Crippen LogP contribution in [0.15, 0.2) is 24.3 Å². The van der Waals surface area contributed by atoms with Crippen LogP contribution in [-0.4, -0.2) is 18.1 Å². The monoisotopic (exact) mass is 346 g/mol. The van der Waals surface area contributed by atoms with E-state index in [4.69, 9.17) is 9.47 Å². The SMILES string of the molecule is COc1ccc(COC[C@@H]2CC[C@H]2CI)cc1. The van der Waals surface area contributed by atoms with E-state index in [2.05, 4.69) is 34.7 Å². The van der Waals surface area contributed by atoms with Crippen molar-refractivity contribution in [3.63, 3.8) is 0 Å². The normalized spacial score (nSPS) is 23.2. The van der Waals surface area contributed by atoms with Gasteiger partial charge < -0.3 is 9.47 Å². The van der Waals surface area contributed by atoms with Gasteiger partial charge in [0.15, 0.2) is 0 Å². The minimum absolute atomic E-state index is 0.717. The van der Waals surface area contributed by atoms with Crippen molar-refractivity contribution < 1.29 is 9.47 Å². The van der Waals surface area contributed by atoms with Crippen LogP contribution in [0.2, 0.25) is 0 Å². The van der Waals surface area contributed by atoms with Gasteiger partial charge in [0.25, 0.3) is 0 Å². The van der Waals surface area contributed by atoms with Crippen LogP contribution in [0.25, 0.3) is 0 Å². The number of halogens is 1. The molecule has 2 atom stereocenters. The third-order valence-electron chi connectivity index (χ3n) is 3.53. The van der Waals surface area contributed by atoms with Crippen molar-refractivity contribution in [3.8, 4) is 5.75 Å². The molecule has 1 aliphatic rings. The zero-order valence-electron chi connectivity index (χ0n) is 10.2. The number of ether oxygens (including phenoxy) is 2. The average Bonchev–Trinajstić information content (AvgIpc) is 2.34. The molecule has 2 rings (SSSR count). The van der Waals surface area contributed by atoms with Gasteiger partial charge in [-0.3, -0.25) is 0 Å². The van der Waals surface area contributed by atoms with Crippen LogP contribution < -0.4 is 4.74 Å². The first-order valence-corrected chi connectivity index (χ1v) is 7.62. The molecule has 1 saturated carbocycles. The summed E-state index contributed by atoms with van der Waals surface area (Å²) in [6.07, 6.45) is 2.73. The quantitative estimate of drug-likeness (QED) is 0.578. The summed E-state index contributed by atoms with van der Waals surface area (Å²) in [6, 6.07) is 8.09. The molecule has 0 aromatic heterocycles. The second kappa shape index (κ2) is 6.59. The van der Waals surface area contributed by atoms with Crippen LogP contribution in [0.5, 0.6) is 5.75 Å². The van der Waals surface area contributed by atoms with E-state index in [0.29, 0.717) is 6.61 Å². The Bertz CT molecular complexity index is 335. The minimum atomic E-state index is 0.717. The van der Waals surface area contributed by atoms with Gasteiger partial charge >= 0.3 is 0 Å². The number of hydrogen-bond donors (Lipinski definition) is 0. The van der Waals surface area contributed by atoms with Crippen molar-refractivity contribution in [2.75, 3.05) is 18.1 Å². The van der Waals surface area contributed by atoms with Gasteiger partial charge in [-0.2, -0.15) is 0 Å². The van der Waals surface area contributed by atoms with Crippen molar-refractivity contribution in [1.29, 1.82) is 0 Å². The molecule has 0 aliphatic heterocycles. The molecule has 1 aromatic rings. The van der Waals surface area contributed by atoms with E-state index in [1.807, 2.05) is 12.1 Å². The predicted molar refractivity (Wildman–Crippen MR) is 77.8 cm³/mol. The number of alkyl halides is 1. The topological polar surface area (TPSA) is 18.5 Å². The molecular formula is C14H19IO2. The van der Waals surface area contributed by atoms with Gasteiger partial charge in [-0.05, 0) is 42.4 Å². The Morgan fingerprint density at radius 1 is 1.18 bits per heavy atom. The van der Waals surface area contributed by atoms with Gasteiger partial charge in [0.2, 0.25) is 0 Å². The standard InChI is InChI=1S/C14H19IO2/c1-16-14-6-2-11(3-7-14)9-17-10-13-5-4-12(13)8-15/h2-3,6-7,12-13H,4-5,8-10H2,1H3/t12-,13-/m0/s1. The molecule has 1 aromatic carbocycles. The molecule has 0 heterocycles. The molecule has 0 bridgehead atoms. The first-order chi connectivity index (χ1) is 8.33. The van der Waals surface area contributed by atoms with Crippen LogP contribution in [0.3, 0.4) is 0 Å². The zero-order valence-corrected chi connectivity index (χ0v) is 12.4. The van der Waals surface area contributed by atoms with E-state index in [0.717, 1.165) is 24.2 Å². The lowest BCUT2D eigenvalue weighted by molar-refractivity contribution is 0.0321. The summed E-state index contributed by atoms with van der Waals surface area (Å²) in [7, 11) is 1.69. The van der Waals surface area contributed by atoms with Crippen LogP contribution in [0.4, 0.5) is 0 Å². The summed E-state index contributed by atoms with van der Waals surface area (Å²) in [4.78, 5) is 0. The highest BCUT2D eigenvalue weighted by molar-refractivity contribution is 14.1. The fraction of sp³-hybridized carbons (Fsp3) is 0.571. The maximum absolute atomic E-state index is 5.79. The highest BCUT2D eigenvalue weighted by Crippen LogP contribution is 2.35. The molecule has 3 heteroatoms. The summed E-state index contributed by atoms with van der Waals surface area (Å²) in [6.45, 7) is 1.63. The van der Waals surface area contributed by atoms with Crippen molar-refractivity contribution in [2.45, 2.75) is 19.4 Å². The highest BCUT2D eigenvalue weighted by Gasteiger charge is 2.29. The fourth-order valence-electron chi connectivity index (χ4n) is 2.11. The Hall–Kier alpha value is -0.290. The Morgan fingerprint density at radius 2 is 1.88 bits per heavy atom. The smallest absolute Gasteiger partial charge is 0.118 e. The lowest BCUT2D eigenvalue weighted by atomic mass is 9.75. The van der Waals surface area contributed by atoms with E-state index in [1.54, 1.807) is 7.11 Å². The molecule has 0 spiro atoms. The minimum Gasteiger partial charge on any atom is -0.497 e. The summed E-state index contributed by atoms with van der Waals surface area (Å²) < 4.78 is 12.2. The largest absolute Gasteiger partial charge is 0.497 e. The first kappa shape index (κ1) is 13.1. The Kier molecular flexibility index (Phi) is 5.10. The van der Waals surface area contributed by atoms with Crippen LogP contribution >= 0.6 is 22.6 Å². The molecule has 0 N–H and O–H groups in total. The second-order valence-corrected chi connectivity index (χ2v) is 5.50. The van der Waals surface area contributed by atoms with Crippen molar-refractivity contribution in [2.24, 2.45) is 11.8 Å². The number of rotatable bonds is 6. The van der Waals surface area contributed by atoms with Gasteiger partial charge in [-0.25, -0.2) is 0 Å². The molecular weight excluding hydrogens is 327 g/mol. The summed E-state index contributed by atoms with van der Waals surface area (Å²) in [5, 5.41) is 0. The maximum Gasteiger partial charge on any atom is 0.118 e. The molecule has 0 amide bonds. The van der Waals surface area contributed by atoms with Crippen LogP contribution in [0.1, 0.15) is 18.4 Å². The first-order valence-electron chi connectivity index (χ1n) is 6.10. The number of hydrogen-bond acceptors (Lipinski definition) is 2. The van der Waals surface area contributed by atoms with E-state index >= 15 is 0 Å².